The maximum absolute atomic E-state index is 13.5. The molecule has 4 nitrogen and oxygen atoms in total. The van der Waals surface area contributed by atoms with Crippen LogP contribution < -0.4 is 5.73 Å². The van der Waals surface area contributed by atoms with Gasteiger partial charge in [0.15, 0.2) is 0 Å². The summed E-state index contributed by atoms with van der Waals surface area (Å²) in [5, 5.41) is 0. The number of sulfonamides is 1. The van der Waals surface area contributed by atoms with Crippen LogP contribution in [0.2, 0.25) is 0 Å². The molecule has 1 aromatic carbocycles. The highest BCUT2D eigenvalue weighted by Gasteiger charge is 2.32. The molecule has 0 saturated carbocycles. The van der Waals surface area contributed by atoms with E-state index >= 15 is 0 Å². The molecule has 2 unspecified atom stereocenters. The minimum atomic E-state index is -3.64. The summed E-state index contributed by atoms with van der Waals surface area (Å²) < 4.78 is 39.9. The topological polar surface area (TPSA) is 63.4 Å². The van der Waals surface area contributed by atoms with Gasteiger partial charge in [-0.3, -0.25) is 0 Å². The maximum Gasteiger partial charge on any atom is 0.243 e. The molecular weight excluding hydrogens is 371 g/mol. The first-order valence-electron chi connectivity index (χ1n) is 6.03. The van der Waals surface area contributed by atoms with Crippen molar-refractivity contribution in [2.45, 2.75) is 24.3 Å². The zero-order valence-electron chi connectivity index (χ0n) is 10.9. The zero-order chi connectivity index (χ0) is 14.2. The second-order valence-corrected chi connectivity index (χ2v) is 7.66. The van der Waals surface area contributed by atoms with Gasteiger partial charge in [0.2, 0.25) is 10.0 Å². The molecule has 1 heterocycles. The average Bonchev–Trinajstić information content (AvgIpc) is 2.35. The molecule has 0 amide bonds. The molecule has 0 radical (unpaired) electrons. The van der Waals surface area contributed by atoms with Crippen molar-refractivity contribution in [1.82, 2.24) is 4.31 Å². The molecule has 2 rings (SSSR count). The van der Waals surface area contributed by atoms with Gasteiger partial charge in [-0.15, -0.1) is 12.4 Å². The molecule has 1 aliphatic rings. The van der Waals surface area contributed by atoms with Crippen LogP contribution in [0.3, 0.4) is 0 Å². The number of halogens is 3. The number of hydrogen-bond donors (Lipinski definition) is 1. The second kappa shape index (κ2) is 6.70. The van der Waals surface area contributed by atoms with Crippen LogP contribution in [0.5, 0.6) is 0 Å². The zero-order valence-corrected chi connectivity index (χ0v) is 14.1. The summed E-state index contributed by atoms with van der Waals surface area (Å²) in [7, 11) is -3.64. The van der Waals surface area contributed by atoms with Crippen LogP contribution in [-0.2, 0) is 10.0 Å². The molecule has 1 fully saturated rings. The van der Waals surface area contributed by atoms with E-state index in [1.165, 1.54) is 16.4 Å². The summed E-state index contributed by atoms with van der Waals surface area (Å²) >= 11 is 3.01. The number of nitrogens with zero attached hydrogens (tertiary/aromatic N) is 1. The van der Waals surface area contributed by atoms with Crippen LogP contribution in [-0.4, -0.2) is 31.9 Å². The van der Waals surface area contributed by atoms with Crippen LogP contribution in [0.1, 0.15) is 13.3 Å². The number of piperidine rings is 1. The molecule has 0 aliphatic carbocycles. The molecule has 2 atom stereocenters. The van der Waals surface area contributed by atoms with Crippen molar-refractivity contribution in [3.63, 3.8) is 0 Å². The molecule has 1 saturated heterocycles. The van der Waals surface area contributed by atoms with Crippen molar-refractivity contribution in [2.75, 3.05) is 13.1 Å². The fraction of sp³-hybridized carbons (Fsp3) is 0.500. The van der Waals surface area contributed by atoms with E-state index in [9.17, 15) is 12.8 Å². The van der Waals surface area contributed by atoms with Crippen LogP contribution in [0.25, 0.3) is 0 Å². The largest absolute Gasteiger partial charge is 0.327 e. The fourth-order valence-corrected chi connectivity index (χ4v) is 3.94. The Balaban J connectivity index is 0.00000200. The smallest absolute Gasteiger partial charge is 0.243 e. The van der Waals surface area contributed by atoms with Gasteiger partial charge < -0.3 is 5.73 Å². The van der Waals surface area contributed by atoms with E-state index in [-0.39, 0.29) is 33.7 Å². The Morgan fingerprint density at radius 2 is 2.10 bits per heavy atom. The Morgan fingerprint density at radius 1 is 1.45 bits per heavy atom. The molecule has 1 aromatic rings. The predicted octanol–water partition coefficient (Wildman–Crippen LogP) is 2.37. The van der Waals surface area contributed by atoms with E-state index in [0.717, 1.165) is 6.07 Å². The third-order valence-electron chi connectivity index (χ3n) is 3.46. The molecule has 0 spiro atoms. The standard InChI is InChI=1S/C12H16BrFN2O2S.ClH/c1-8-7-16(5-4-12(8)15)19(17,18)9-2-3-10(13)11(14)6-9;/h2-3,6,8,12H,4-5,7,15H2,1H3;1H. The lowest BCUT2D eigenvalue weighted by Crippen LogP contribution is -2.48. The van der Waals surface area contributed by atoms with Gasteiger partial charge in [0.1, 0.15) is 5.82 Å². The third kappa shape index (κ3) is 3.51. The van der Waals surface area contributed by atoms with E-state index in [1.54, 1.807) is 0 Å². The van der Waals surface area contributed by atoms with Gasteiger partial charge in [0.05, 0.1) is 9.37 Å². The Hall–Kier alpha value is -0.210. The highest BCUT2D eigenvalue weighted by atomic mass is 79.9. The van der Waals surface area contributed by atoms with Gasteiger partial charge in [-0.25, -0.2) is 12.8 Å². The van der Waals surface area contributed by atoms with Gasteiger partial charge in [-0.1, -0.05) is 6.92 Å². The molecule has 2 N–H and O–H groups in total. The lowest BCUT2D eigenvalue weighted by Gasteiger charge is -2.34. The molecule has 114 valence electrons. The highest BCUT2D eigenvalue weighted by molar-refractivity contribution is 9.10. The van der Waals surface area contributed by atoms with E-state index < -0.39 is 15.8 Å². The summed E-state index contributed by atoms with van der Waals surface area (Å²) in [6, 6.07) is 3.87. The summed E-state index contributed by atoms with van der Waals surface area (Å²) in [5.41, 5.74) is 5.88. The molecule has 8 heteroatoms. The molecular formula is C12H17BrClFN2O2S. The quantitative estimate of drug-likeness (QED) is 0.847. The van der Waals surface area contributed by atoms with Crippen LogP contribution >= 0.6 is 28.3 Å². The van der Waals surface area contributed by atoms with Crippen molar-refractivity contribution >= 4 is 38.4 Å². The van der Waals surface area contributed by atoms with Crippen molar-refractivity contribution in [3.05, 3.63) is 28.5 Å². The van der Waals surface area contributed by atoms with Crippen molar-refractivity contribution in [1.29, 1.82) is 0 Å². The van der Waals surface area contributed by atoms with E-state index in [2.05, 4.69) is 15.9 Å². The highest BCUT2D eigenvalue weighted by Crippen LogP contribution is 2.25. The van der Waals surface area contributed by atoms with Gasteiger partial charge in [-0.2, -0.15) is 4.31 Å². The van der Waals surface area contributed by atoms with Gasteiger partial charge in [0, 0.05) is 19.1 Å². The van der Waals surface area contributed by atoms with Crippen LogP contribution in [0.4, 0.5) is 4.39 Å². The van der Waals surface area contributed by atoms with E-state index in [4.69, 9.17) is 5.73 Å². The molecule has 20 heavy (non-hydrogen) atoms. The Morgan fingerprint density at radius 3 is 2.65 bits per heavy atom. The van der Waals surface area contributed by atoms with Crippen molar-refractivity contribution < 1.29 is 12.8 Å². The number of hydrogen-bond acceptors (Lipinski definition) is 3. The van der Waals surface area contributed by atoms with E-state index in [0.29, 0.717) is 19.5 Å². The second-order valence-electron chi connectivity index (χ2n) is 4.87. The van der Waals surface area contributed by atoms with Crippen LogP contribution in [0, 0.1) is 11.7 Å². The van der Waals surface area contributed by atoms with E-state index in [1.807, 2.05) is 6.92 Å². The maximum atomic E-state index is 13.5. The first-order chi connectivity index (χ1) is 8.82. The predicted molar refractivity (Wildman–Crippen MR) is 81.9 cm³/mol. The fourth-order valence-electron chi connectivity index (χ4n) is 2.13. The first-order valence-corrected chi connectivity index (χ1v) is 8.26. The first kappa shape index (κ1) is 17.8. The number of nitrogens with two attached hydrogens (primary N) is 1. The molecule has 0 aromatic heterocycles. The number of rotatable bonds is 2. The van der Waals surface area contributed by atoms with Gasteiger partial charge >= 0.3 is 0 Å². The average molecular weight is 388 g/mol. The third-order valence-corrected chi connectivity index (χ3v) is 5.97. The normalized spacial score (nSPS) is 24.2. The number of benzene rings is 1. The Bertz CT molecular complexity index is 585. The molecule has 1 aliphatic heterocycles. The summed E-state index contributed by atoms with van der Waals surface area (Å²) in [6.45, 7) is 2.68. The minimum absolute atomic E-state index is 0. The van der Waals surface area contributed by atoms with Gasteiger partial charge in [-0.05, 0) is 46.5 Å². The lowest BCUT2D eigenvalue weighted by atomic mass is 9.96. The summed E-state index contributed by atoms with van der Waals surface area (Å²) in [5.74, 6) is -0.480. The summed E-state index contributed by atoms with van der Waals surface area (Å²) in [4.78, 5) is -0.0177. The van der Waals surface area contributed by atoms with Crippen LogP contribution in [0.15, 0.2) is 27.6 Å². The monoisotopic (exact) mass is 386 g/mol. The Labute approximate surface area is 133 Å². The Kier molecular flexibility index (Phi) is 5.98. The molecule has 0 bridgehead atoms. The van der Waals surface area contributed by atoms with Crippen molar-refractivity contribution in [2.24, 2.45) is 11.7 Å². The minimum Gasteiger partial charge on any atom is -0.327 e. The lowest BCUT2D eigenvalue weighted by molar-refractivity contribution is 0.250. The van der Waals surface area contributed by atoms with Crippen molar-refractivity contribution in [3.8, 4) is 0 Å². The van der Waals surface area contributed by atoms with Gasteiger partial charge in [0.25, 0.3) is 0 Å². The summed E-state index contributed by atoms with van der Waals surface area (Å²) in [6.07, 6.45) is 0.624. The SMILES string of the molecule is CC1CN(S(=O)(=O)c2ccc(Br)c(F)c2)CCC1N.Cl.